The number of benzene rings is 2. The van der Waals surface area contributed by atoms with Crippen molar-refractivity contribution in [1.82, 2.24) is 0 Å². The largest absolute Gasteiger partial charge is 0.481 e. The number of carboxylic acids is 1. The molecule has 1 N–H and O–H groups in total. The summed E-state index contributed by atoms with van der Waals surface area (Å²) in [7, 11) is -2.59. The Bertz CT molecular complexity index is 921. The van der Waals surface area contributed by atoms with E-state index in [2.05, 4.69) is 0 Å². The van der Waals surface area contributed by atoms with Crippen molar-refractivity contribution in [2.45, 2.75) is 23.0 Å². The molecule has 0 unspecified atom stereocenters. The zero-order chi connectivity index (χ0) is 19.1. The number of aryl methyl sites for hydroxylation is 1. The summed E-state index contributed by atoms with van der Waals surface area (Å²) in [6, 6.07) is 11.5. The normalized spacial score (nSPS) is 25.0. The molecule has 1 saturated carbocycles. The van der Waals surface area contributed by atoms with Crippen LogP contribution in [0.2, 0.25) is 0 Å². The molecule has 0 heterocycles. The molecule has 1 fully saturated rings. The Hall–Kier alpha value is -2.25. The molecule has 0 aromatic heterocycles. The molecular formula is C19H19FO5S. The second kappa shape index (κ2) is 6.48. The van der Waals surface area contributed by atoms with Crippen LogP contribution in [-0.2, 0) is 19.4 Å². The maximum atomic E-state index is 13.2. The summed E-state index contributed by atoms with van der Waals surface area (Å²) in [6.45, 7) is 1.58. The summed E-state index contributed by atoms with van der Waals surface area (Å²) in [5.41, 5.74) is -0.237. The number of carboxylic acid groups (broad SMARTS) is 1. The SMILES string of the molecule is COC[C@@]1(C(=O)O)[C@H](c2ccc(F)cc2)[C@@H]1S(=O)(=O)c1ccc(C)cc1. The van der Waals surface area contributed by atoms with E-state index < -0.39 is 38.2 Å². The maximum absolute atomic E-state index is 13.2. The van der Waals surface area contributed by atoms with Crippen molar-refractivity contribution in [3.63, 3.8) is 0 Å². The monoisotopic (exact) mass is 378 g/mol. The van der Waals surface area contributed by atoms with Crippen LogP contribution in [-0.4, -0.2) is 38.5 Å². The number of ether oxygens (including phenoxy) is 1. The average Bonchev–Trinajstić information content (AvgIpc) is 3.27. The van der Waals surface area contributed by atoms with Gasteiger partial charge in [0, 0.05) is 13.0 Å². The summed E-state index contributed by atoms with van der Waals surface area (Å²) in [5.74, 6) is -2.53. The Morgan fingerprint density at radius 3 is 2.23 bits per heavy atom. The highest BCUT2D eigenvalue weighted by molar-refractivity contribution is 7.92. The minimum Gasteiger partial charge on any atom is -0.481 e. The molecule has 0 radical (unpaired) electrons. The second-order valence-electron chi connectivity index (χ2n) is 6.59. The molecule has 138 valence electrons. The Kier molecular flexibility index (Phi) is 4.62. The smallest absolute Gasteiger partial charge is 0.314 e. The van der Waals surface area contributed by atoms with Gasteiger partial charge in [-0.1, -0.05) is 29.8 Å². The lowest BCUT2D eigenvalue weighted by Gasteiger charge is -2.12. The number of sulfone groups is 1. The summed E-state index contributed by atoms with van der Waals surface area (Å²) in [5, 5.41) is 8.65. The molecule has 0 saturated heterocycles. The van der Waals surface area contributed by atoms with Crippen molar-refractivity contribution in [2.24, 2.45) is 5.41 Å². The van der Waals surface area contributed by atoms with E-state index in [1.807, 2.05) is 6.92 Å². The predicted molar refractivity (Wildman–Crippen MR) is 93.2 cm³/mol. The van der Waals surface area contributed by atoms with Crippen LogP contribution in [0.5, 0.6) is 0 Å². The number of hydrogen-bond acceptors (Lipinski definition) is 4. The van der Waals surface area contributed by atoms with Gasteiger partial charge in [0.2, 0.25) is 0 Å². The van der Waals surface area contributed by atoms with Gasteiger partial charge in [0.05, 0.1) is 16.8 Å². The molecule has 3 rings (SSSR count). The van der Waals surface area contributed by atoms with Crippen LogP contribution in [0.3, 0.4) is 0 Å². The van der Waals surface area contributed by atoms with Gasteiger partial charge < -0.3 is 9.84 Å². The van der Waals surface area contributed by atoms with Gasteiger partial charge in [-0.3, -0.25) is 4.79 Å². The fourth-order valence-corrected chi connectivity index (χ4v) is 5.96. The minimum atomic E-state index is -3.92. The van der Waals surface area contributed by atoms with Crippen LogP contribution < -0.4 is 0 Å². The highest BCUT2D eigenvalue weighted by atomic mass is 32.2. The van der Waals surface area contributed by atoms with Gasteiger partial charge in [-0.25, -0.2) is 12.8 Å². The standard InChI is InChI=1S/C19H19FO5S/c1-12-3-9-15(10-4-12)26(23,24)17-16(13-5-7-14(20)8-6-13)19(17,11-25-2)18(21)22/h3-10,16-17H,11H2,1-2H3,(H,21,22)/t16-,17+,19-/m1/s1. The Morgan fingerprint density at radius 2 is 1.73 bits per heavy atom. The van der Waals surface area contributed by atoms with Crippen LogP contribution in [0, 0.1) is 18.2 Å². The number of methoxy groups -OCH3 is 1. The number of hydrogen-bond donors (Lipinski definition) is 1. The average molecular weight is 378 g/mol. The van der Waals surface area contributed by atoms with E-state index in [4.69, 9.17) is 4.74 Å². The van der Waals surface area contributed by atoms with Crippen LogP contribution >= 0.6 is 0 Å². The number of aliphatic carboxylic acids is 1. The molecular weight excluding hydrogens is 359 g/mol. The molecule has 1 aliphatic carbocycles. The molecule has 26 heavy (non-hydrogen) atoms. The second-order valence-corrected chi connectivity index (χ2v) is 8.66. The van der Waals surface area contributed by atoms with Gasteiger partial charge in [0.25, 0.3) is 0 Å². The van der Waals surface area contributed by atoms with E-state index in [-0.39, 0.29) is 11.5 Å². The Morgan fingerprint density at radius 1 is 1.15 bits per heavy atom. The molecule has 1 aliphatic rings. The summed E-state index contributed by atoms with van der Waals surface area (Å²) in [6.07, 6.45) is 0. The van der Waals surface area contributed by atoms with Crippen LogP contribution in [0.15, 0.2) is 53.4 Å². The molecule has 7 heteroatoms. The first-order chi connectivity index (χ1) is 12.2. The summed E-state index contributed by atoms with van der Waals surface area (Å²) >= 11 is 0. The van der Waals surface area contributed by atoms with Gasteiger partial charge in [-0.15, -0.1) is 0 Å². The first kappa shape index (κ1) is 18.5. The van der Waals surface area contributed by atoms with Gasteiger partial charge in [-0.05, 0) is 36.8 Å². The molecule has 0 aliphatic heterocycles. The van der Waals surface area contributed by atoms with E-state index in [1.165, 1.54) is 43.5 Å². The van der Waals surface area contributed by atoms with Crippen molar-refractivity contribution in [3.05, 3.63) is 65.5 Å². The highest BCUT2D eigenvalue weighted by Crippen LogP contribution is 2.64. The van der Waals surface area contributed by atoms with E-state index >= 15 is 0 Å². The fraction of sp³-hybridized carbons (Fsp3) is 0.316. The zero-order valence-electron chi connectivity index (χ0n) is 14.3. The Balaban J connectivity index is 2.11. The zero-order valence-corrected chi connectivity index (χ0v) is 15.2. The van der Waals surface area contributed by atoms with E-state index in [0.29, 0.717) is 5.56 Å². The Labute approximate surface area is 151 Å². The lowest BCUT2D eigenvalue weighted by atomic mass is 10.00. The topological polar surface area (TPSA) is 80.7 Å². The van der Waals surface area contributed by atoms with E-state index in [1.54, 1.807) is 12.1 Å². The van der Waals surface area contributed by atoms with Crippen molar-refractivity contribution in [1.29, 1.82) is 0 Å². The quantitative estimate of drug-likeness (QED) is 0.836. The van der Waals surface area contributed by atoms with Gasteiger partial charge >= 0.3 is 5.97 Å². The molecule has 3 atom stereocenters. The molecule has 0 amide bonds. The highest BCUT2D eigenvalue weighted by Gasteiger charge is 2.76. The predicted octanol–water partition coefficient (Wildman–Crippen LogP) is 2.79. The first-order valence-corrected chi connectivity index (χ1v) is 9.58. The van der Waals surface area contributed by atoms with Gasteiger partial charge in [0.1, 0.15) is 11.2 Å². The van der Waals surface area contributed by atoms with Crippen molar-refractivity contribution >= 4 is 15.8 Å². The third-order valence-electron chi connectivity index (χ3n) is 4.95. The van der Waals surface area contributed by atoms with Crippen LogP contribution in [0.4, 0.5) is 4.39 Å². The number of carbonyl (C=O) groups is 1. The molecule has 5 nitrogen and oxygen atoms in total. The lowest BCUT2D eigenvalue weighted by Crippen LogP contribution is -2.28. The lowest BCUT2D eigenvalue weighted by molar-refractivity contribution is -0.145. The van der Waals surface area contributed by atoms with Crippen LogP contribution in [0.1, 0.15) is 17.0 Å². The molecule has 0 bridgehead atoms. The number of rotatable bonds is 6. The number of halogens is 1. The van der Waals surface area contributed by atoms with E-state index in [9.17, 15) is 22.7 Å². The molecule has 0 spiro atoms. The first-order valence-electron chi connectivity index (χ1n) is 8.03. The molecule has 2 aromatic carbocycles. The van der Waals surface area contributed by atoms with Crippen molar-refractivity contribution in [2.75, 3.05) is 13.7 Å². The van der Waals surface area contributed by atoms with E-state index in [0.717, 1.165) is 5.56 Å². The fourth-order valence-electron chi connectivity index (χ4n) is 3.60. The third kappa shape index (κ3) is 2.81. The van der Waals surface area contributed by atoms with Gasteiger partial charge in [-0.2, -0.15) is 0 Å². The maximum Gasteiger partial charge on any atom is 0.314 e. The molecule has 2 aromatic rings. The van der Waals surface area contributed by atoms with Crippen molar-refractivity contribution in [3.8, 4) is 0 Å². The summed E-state index contributed by atoms with van der Waals surface area (Å²) in [4.78, 5) is 12.1. The van der Waals surface area contributed by atoms with Crippen molar-refractivity contribution < 1.29 is 27.4 Å². The third-order valence-corrected chi connectivity index (χ3v) is 7.24. The minimum absolute atomic E-state index is 0.0689. The van der Waals surface area contributed by atoms with Gasteiger partial charge in [0.15, 0.2) is 9.84 Å². The van der Waals surface area contributed by atoms with Crippen LogP contribution in [0.25, 0.3) is 0 Å². The summed E-state index contributed by atoms with van der Waals surface area (Å²) < 4.78 is 44.6.